The molecule has 0 atom stereocenters. The molecule has 0 aliphatic rings. The van der Waals surface area contributed by atoms with Gasteiger partial charge in [-0.25, -0.2) is 0 Å². The summed E-state index contributed by atoms with van der Waals surface area (Å²) in [5, 5.41) is 1.51. The Morgan fingerprint density at radius 1 is 1.40 bits per heavy atom. The van der Waals surface area contributed by atoms with Crippen LogP contribution >= 0.6 is 11.6 Å². The van der Waals surface area contributed by atoms with Gasteiger partial charge in [0, 0.05) is 24.4 Å². The summed E-state index contributed by atoms with van der Waals surface area (Å²) in [4.78, 5) is 11.7. The maximum atomic E-state index is 11.7. The Morgan fingerprint density at radius 3 is 2.67 bits per heavy atom. The fourth-order valence-corrected chi connectivity index (χ4v) is 2.22. The number of fused-ring (bicyclic) bond motifs is 1. The quantitative estimate of drug-likeness (QED) is 0.713. The maximum absolute atomic E-state index is 11.7. The van der Waals surface area contributed by atoms with Crippen LogP contribution < -0.4 is 0 Å². The van der Waals surface area contributed by atoms with E-state index in [9.17, 15) is 4.79 Å². The number of para-hydroxylation sites is 1. The molecule has 2 nitrogen and oxygen atoms in total. The average Bonchev–Trinajstić information content (AvgIpc) is 2.52. The normalized spacial score (nSPS) is 10.9. The van der Waals surface area contributed by atoms with Crippen molar-refractivity contribution in [3.05, 3.63) is 35.0 Å². The van der Waals surface area contributed by atoms with Gasteiger partial charge in [0.15, 0.2) is 5.78 Å². The molecule has 0 amide bonds. The Morgan fingerprint density at radius 2 is 2.07 bits per heavy atom. The third-order valence-corrected chi connectivity index (χ3v) is 3.01. The SMILES string of the molecule is CCC(=O)c1c(Cl)c2ccccc2n1C. The standard InChI is InChI=1S/C12H12ClNO/c1-3-10(15)12-11(13)8-6-4-5-7-9(8)14(12)2/h4-7H,3H2,1-2H3. The number of benzene rings is 1. The Bertz CT molecular complexity index is 489. The van der Waals surface area contributed by atoms with Crippen molar-refractivity contribution in [2.75, 3.05) is 0 Å². The molecule has 3 heteroatoms. The zero-order chi connectivity index (χ0) is 11.0. The van der Waals surface area contributed by atoms with Crippen LogP contribution in [0.25, 0.3) is 10.9 Å². The Labute approximate surface area is 93.5 Å². The molecular weight excluding hydrogens is 210 g/mol. The van der Waals surface area contributed by atoms with Crippen LogP contribution in [0.3, 0.4) is 0 Å². The van der Waals surface area contributed by atoms with Crippen LogP contribution in [0.2, 0.25) is 5.02 Å². The first-order chi connectivity index (χ1) is 7.16. The lowest BCUT2D eigenvalue weighted by atomic mass is 10.2. The molecular formula is C12H12ClNO. The first-order valence-corrected chi connectivity index (χ1v) is 5.30. The number of hydrogen-bond donors (Lipinski definition) is 0. The van der Waals surface area contributed by atoms with Crippen molar-refractivity contribution in [2.45, 2.75) is 13.3 Å². The van der Waals surface area contributed by atoms with E-state index >= 15 is 0 Å². The zero-order valence-electron chi connectivity index (χ0n) is 8.75. The summed E-state index contributed by atoms with van der Waals surface area (Å²) >= 11 is 6.19. The first kappa shape index (κ1) is 10.2. The molecule has 0 saturated heterocycles. The average molecular weight is 222 g/mol. The molecule has 0 unspecified atom stereocenters. The Hall–Kier alpha value is -1.28. The van der Waals surface area contributed by atoms with Crippen LogP contribution in [0.5, 0.6) is 0 Å². The van der Waals surface area contributed by atoms with Gasteiger partial charge in [0.2, 0.25) is 0 Å². The van der Waals surface area contributed by atoms with Crippen molar-refractivity contribution < 1.29 is 4.79 Å². The number of ketones is 1. The number of rotatable bonds is 2. The van der Waals surface area contributed by atoms with E-state index in [1.807, 2.05) is 42.8 Å². The molecule has 0 spiro atoms. The highest BCUT2D eigenvalue weighted by Gasteiger charge is 2.17. The molecule has 1 aromatic carbocycles. The number of hydrogen-bond acceptors (Lipinski definition) is 1. The minimum atomic E-state index is 0.0821. The van der Waals surface area contributed by atoms with Gasteiger partial charge in [-0.1, -0.05) is 36.7 Å². The lowest BCUT2D eigenvalue weighted by molar-refractivity contribution is 0.0981. The van der Waals surface area contributed by atoms with Crippen molar-refractivity contribution in [1.29, 1.82) is 0 Å². The van der Waals surface area contributed by atoms with Gasteiger partial charge in [0.25, 0.3) is 0 Å². The smallest absolute Gasteiger partial charge is 0.180 e. The summed E-state index contributed by atoms with van der Waals surface area (Å²) in [6, 6.07) is 7.77. The molecule has 0 aliphatic carbocycles. The van der Waals surface area contributed by atoms with Crippen LogP contribution in [0.4, 0.5) is 0 Å². The molecule has 2 aromatic rings. The third kappa shape index (κ3) is 1.45. The molecule has 1 heterocycles. The molecule has 0 saturated carbocycles. The highest BCUT2D eigenvalue weighted by molar-refractivity contribution is 6.39. The number of carbonyl (C=O) groups is 1. The lowest BCUT2D eigenvalue weighted by Gasteiger charge is -2.01. The second-order valence-electron chi connectivity index (χ2n) is 3.52. The molecule has 0 aliphatic heterocycles. The zero-order valence-corrected chi connectivity index (χ0v) is 9.51. The molecule has 1 aromatic heterocycles. The number of aromatic nitrogens is 1. The second-order valence-corrected chi connectivity index (χ2v) is 3.89. The minimum absolute atomic E-state index is 0.0821. The Balaban J connectivity index is 2.81. The van der Waals surface area contributed by atoms with Crippen LogP contribution in [-0.2, 0) is 7.05 Å². The van der Waals surface area contributed by atoms with E-state index in [1.165, 1.54) is 0 Å². The van der Waals surface area contributed by atoms with E-state index in [2.05, 4.69) is 0 Å². The summed E-state index contributed by atoms with van der Waals surface area (Å²) in [5.41, 5.74) is 1.61. The van der Waals surface area contributed by atoms with Crippen molar-refractivity contribution >= 4 is 28.3 Å². The summed E-state index contributed by atoms with van der Waals surface area (Å²) in [6.07, 6.45) is 0.476. The second kappa shape index (κ2) is 3.70. The fourth-order valence-electron chi connectivity index (χ4n) is 1.82. The number of aryl methyl sites for hydroxylation is 1. The predicted molar refractivity (Wildman–Crippen MR) is 62.6 cm³/mol. The lowest BCUT2D eigenvalue weighted by Crippen LogP contribution is -2.04. The summed E-state index contributed by atoms with van der Waals surface area (Å²) in [7, 11) is 1.87. The van der Waals surface area contributed by atoms with Gasteiger partial charge in [0.05, 0.1) is 5.02 Å². The van der Waals surface area contributed by atoms with Crippen molar-refractivity contribution in [3.63, 3.8) is 0 Å². The van der Waals surface area contributed by atoms with Gasteiger partial charge in [-0.3, -0.25) is 4.79 Å². The predicted octanol–water partition coefficient (Wildman–Crippen LogP) is 3.42. The van der Waals surface area contributed by atoms with E-state index in [1.54, 1.807) is 0 Å². The van der Waals surface area contributed by atoms with Gasteiger partial charge >= 0.3 is 0 Å². The summed E-state index contributed by atoms with van der Waals surface area (Å²) < 4.78 is 1.86. The Kier molecular flexibility index (Phi) is 2.53. The first-order valence-electron chi connectivity index (χ1n) is 4.93. The number of Topliss-reactive ketones (excluding diaryl/α,β-unsaturated/α-hetero) is 1. The molecule has 2 rings (SSSR count). The highest BCUT2D eigenvalue weighted by Crippen LogP contribution is 2.30. The monoisotopic (exact) mass is 221 g/mol. The van der Waals surface area contributed by atoms with Crippen LogP contribution in [0.1, 0.15) is 23.8 Å². The molecule has 0 radical (unpaired) electrons. The van der Waals surface area contributed by atoms with E-state index in [4.69, 9.17) is 11.6 Å². The highest BCUT2D eigenvalue weighted by atomic mass is 35.5. The maximum Gasteiger partial charge on any atom is 0.180 e. The van der Waals surface area contributed by atoms with E-state index in [0.717, 1.165) is 10.9 Å². The van der Waals surface area contributed by atoms with Gasteiger partial charge in [-0.15, -0.1) is 0 Å². The summed E-state index contributed by atoms with van der Waals surface area (Å²) in [6.45, 7) is 1.84. The van der Waals surface area contributed by atoms with E-state index in [0.29, 0.717) is 17.1 Å². The van der Waals surface area contributed by atoms with Crippen LogP contribution in [0, 0.1) is 0 Å². The summed E-state index contributed by atoms with van der Waals surface area (Å²) in [5.74, 6) is 0.0821. The van der Waals surface area contributed by atoms with Gasteiger partial charge in [-0.05, 0) is 6.07 Å². The molecule has 15 heavy (non-hydrogen) atoms. The minimum Gasteiger partial charge on any atom is -0.340 e. The number of carbonyl (C=O) groups excluding carboxylic acids is 1. The fraction of sp³-hybridized carbons (Fsp3) is 0.250. The van der Waals surface area contributed by atoms with Crippen LogP contribution in [-0.4, -0.2) is 10.4 Å². The largest absolute Gasteiger partial charge is 0.340 e. The van der Waals surface area contributed by atoms with Crippen LogP contribution in [0.15, 0.2) is 24.3 Å². The van der Waals surface area contributed by atoms with E-state index < -0.39 is 0 Å². The molecule has 0 bridgehead atoms. The van der Waals surface area contributed by atoms with Gasteiger partial charge in [-0.2, -0.15) is 0 Å². The van der Waals surface area contributed by atoms with E-state index in [-0.39, 0.29) is 5.78 Å². The van der Waals surface area contributed by atoms with Crippen molar-refractivity contribution in [1.82, 2.24) is 4.57 Å². The van der Waals surface area contributed by atoms with Gasteiger partial charge in [0.1, 0.15) is 5.69 Å². The number of nitrogens with zero attached hydrogens (tertiary/aromatic N) is 1. The van der Waals surface area contributed by atoms with Gasteiger partial charge < -0.3 is 4.57 Å². The molecule has 78 valence electrons. The topological polar surface area (TPSA) is 22.0 Å². The number of halogens is 1. The molecule has 0 fully saturated rings. The third-order valence-electron chi connectivity index (χ3n) is 2.63. The van der Waals surface area contributed by atoms with Crippen molar-refractivity contribution in [2.24, 2.45) is 7.05 Å². The molecule has 0 N–H and O–H groups in total. The van der Waals surface area contributed by atoms with Crippen molar-refractivity contribution in [3.8, 4) is 0 Å².